The van der Waals surface area contributed by atoms with Crippen molar-refractivity contribution >= 4 is 6.08 Å². The number of rotatable bonds is 3. The SMILES string of the molecule is C=CCC(N)=Cc1ccccc1. The van der Waals surface area contributed by atoms with E-state index < -0.39 is 0 Å². The maximum Gasteiger partial charge on any atom is 0.0125 e. The van der Waals surface area contributed by atoms with E-state index in [1.54, 1.807) is 6.08 Å². The number of hydrogen-bond acceptors (Lipinski definition) is 1. The highest BCUT2D eigenvalue weighted by Gasteiger charge is 1.87. The minimum absolute atomic E-state index is 0.745. The lowest BCUT2D eigenvalue weighted by atomic mass is 10.2. The molecule has 1 nitrogen and oxygen atoms in total. The Kier molecular flexibility index (Phi) is 3.15. The average Bonchev–Trinajstić information content (AvgIpc) is 2.06. The van der Waals surface area contributed by atoms with E-state index in [9.17, 15) is 0 Å². The highest BCUT2D eigenvalue weighted by molar-refractivity contribution is 5.51. The topological polar surface area (TPSA) is 26.0 Å². The Morgan fingerprint density at radius 1 is 1.33 bits per heavy atom. The molecule has 1 heteroatoms. The lowest BCUT2D eigenvalue weighted by Crippen LogP contribution is -1.94. The second-order valence-corrected chi connectivity index (χ2v) is 2.62. The summed E-state index contributed by atoms with van der Waals surface area (Å²) in [6.07, 6.45) is 4.51. The zero-order valence-corrected chi connectivity index (χ0v) is 7.03. The smallest absolute Gasteiger partial charge is 0.0125 e. The Bertz CT molecular complexity index is 272. The molecule has 0 unspecified atom stereocenters. The summed E-state index contributed by atoms with van der Waals surface area (Å²) in [4.78, 5) is 0. The van der Waals surface area contributed by atoms with Gasteiger partial charge in [-0.2, -0.15) is 0 Å². The summed E-state index contributed by atoms with van der Waals surface area (Å²) < 4.78 is 0. The van der Waals surface area contributed by atoms with Crippen molar-refractivity contribution in [1.29, 1.82) is 0 Å². The van der Waals surface area contributed by atoms with Crippen LogP contribution in [-0.2, 0) is 0 Å². The summed E-state index contributed by atoms with van der Waals surface area (Å²) in [5.41, 5.74) is 7.69. The van der Waals surface area contributed by atoms with Crippen LogP contribution in [0.4, 0.5) is 0 Å². The third-order valence-electron chi connectivity index (χ3n) is 1.53. The fourth-order valence-electron chi connectivity index (χ4n) is 0.989. The molecular weight excluding hydrogens is 146 g/mol. The molecular formula is C11H13N. The van der Waals surface area contributed by atoms with E-state index in [0.717, 1.165) is 17.7 Å². The Morgan fingerprint density at radius 2 is 2.00 bits per heavy atom. The van der Waals surface area contributed by atoms with E-state index in [0.29, 0.717) is 0 Å². The highest BCUT2D eigenvalue weighted by Crippen LogP contribution is 2.05. The Morgan fingerprint density at radius 3 is 2.58 bits per heavy atom. The van der Waals surface area contributed by atoms with E-state index in [2.05, 4.69) is 6.58 Å². The predicted octanol–water partition coefficient (Wildman–Crippen LogP) is 2.56. The highest BCUT2D eigenvalue weighted by atomic mass is 14.6. The predicted molar refractivity (Wildman–Crippen MR) is 53.4 cm³/mol. The number of nitrogens with two attached hydrogens (primary N) is 1. The first-order valence-corrected chi connectivity index (χ1v) is 3.95. The van der Waals surface area contributed by atoms with Gasteiger partial charge < -0.3 is 5.73 Å². The van der Waals surface area contributed by atoms with Crippen LogP contribution in [-0.4, -0.2) is 0 Å². The minimum Gasteiger partial charge on any atom is -0.402 e. The molecule has 1 aromatic carbocycles. The summed E-state index contributed by atoms with van der Waals surface area (Å²) in [7, 11) is 0. The van der Waals surface area contributed by atoms with Gasteiger partial charge in [-0.25, -0.2) is 0 Å². The Labute approximate surface area is 73.2 Å². The van der Waals surface area contributed by atoms with Crippen molar-refractivity contribution in [3.8, 4) is 0 Å². The van der Waals surface area contributed by atoms with Gasteiger partial charge in [-0.1, -0.05) is 36.4 Å². The average molecular weight is 159 g/mol. The van der Waals surface area contributed by atoms with E-state index in [-0.39, 0.29) is 0 Å². The van der Waals surface area contributed by atoms with Gasteiger partial charge in [-0.15, -0.1) is 6.58 Å². The Hall–Kier alpha value is -1.50. The van der Waals surface area contributed by atoms with Crippen molar-refractivity contribution in [3.63, 3.8) is 0 Å². The minimum atomic E-state index is 0.745. The van der Waals surface area contributed by atoms with Crippen molar-refractivity contribution in [1.82, 2.24) is 0 Å². The van der Waals surface area contributed by atoms with Gasteiger partial charge in [0.05, 0.1) is 0 Å². The quantitative estimate of drug-likeness (QED) is 0.674. The maximum absolute atomic E-state index is 5.71. The van der Waals surface area contributed by atoms with Crippen molar-refractivity contribution in [2.45, 2.75) is 6.42 Å². The first kappa shape index (κ1) is 8.60. The van der Waals surface area contributed by atoms with Gasteiger partial charge in [-0.05, 0) is 11.6 Å². The lowest BCUT2D eigenvalue weighted by Gasteiger charge is -1.96. The van der Waals surface area contributed by atoms with Crippen molar-refractivity contribution in [2.75, 3.05) is 0 Å². The third kappa shape index (κ3) is 2.62. The molecule has 0 aliphatic rings. The second kappa shape index (κ2) is 4.39. The molecule has 0 bridgehead atoms. The zero-order valence-electron chi connectivity index (χ0n) is 7.03. The summed E-state index contributed by atoms with van der Waals surface area (Å²) in [6.45, 7) is 3.62. The van der Waals surface area contributed by atoms with Gasteiger partial charge in [0.15, 0.2) is 0 Å². The van der Waals surface area contributed by atoms with Gasteiger partial charge in [0.1, 0.15) is 0 Å². The van der Waals surface area contributed by atoms with Crippen LogP contribution in [0.1, 0.15) is 12.0 Å². The maximum atomic E-state index is 5.71. The Balaban J connectivity index is 2.74. The first-order chi connectivity index (χ1) is 5.83. The molecule has 0 atom stereocenters. The van der Waals surface area contributed by atoms with Crippen LogP contribution in [0.15, 0.2) is 48.7 Å². The molecule has 1 aromatic rings. The summed E-state index contributed by atoms with van der Waals surface area (Å²) in [5.74, 6) is 0. The monoisotopic (exact) mass is 159 g/mol. The molecule has 0 spiro atoms. The number of benzene rings is 1. The van der Waals surface area contributed by atoms with E-state index in [1.807, 2.05) is 36.4 Å². The molecule has 0 saturated carbocycles. The molecule has 0 heterocycles. The van der Waals surface area contributed by atoms with E-state index in [4.69, 9.17) is 5.73 Å². The van der Waals surface area contributed by atoms with Gasteiger partial charge >= 0.3 is 0 Å². The number of hydrogen-bond donors (Lipinski definition) is 1. The van der Waals surface area contributed by atoms with Crippen LogP contribution in [0.25, 0.3) is 6.08 Å². The zero-order chi connectivity index (χ0) is 8.81. The molecule has 62 valence electrons. The van der Waals surface area contributed by atoms with Crippen LogP contribution in [0.3, 0.4) is 0 Å². The second-order valence-electron chi connectivity index (χ2n) is 2.62. The third-order valence-corrected chi connectivity index (χ3v) is 1.53. The molecule has 12 heavy (non-hydrogen) atoms. The van der Waals surface area contributed by atoms with Gasteiger partial charge in [0, 0.05) is 12.1 Å². The molecule has 0 aromatic heterocycles. The van der Waals surface area contributed by atoms with E-state index >= 15 is 0 Å². The normalized spacial score (nSPS) is 11.2. The molecule has 0 amide bonds. The van der Waals surface area contributed by atoms with Gasteiger partial charge in [-0.3, -0.25) is 0 Å². The molecule has 0 aliphatic carbocycles. The van der Waals surface area contributed by atoms with Gasteiger partial charge in [0.25, 0.3) is 0 Å². The summed E-state index contributed by atoms with van der Waals surface area (Å²) in [6, 6.07) is 10.0. The molecule has 0 saturated heterocycles. The fourth-order valence-corrected chi connectivity index (χ4v) is 0.989. The van der Waals surface area contributed by atoms with Crippen LogP contribution in [0, 0.1) is 0 Å². The molecule has 0 radical (unpaired) electrons. The molecule has 2 N–H and O–H groups in total. The van der Waals surface area contributed by atoms with E-state index in [1.165, 1.54) is 0 Å². The lowest BCUT2D eigenvalue weighted by molar-refractivity contribution is 1.19. The van der Waals surface area contributed by atoms with Crippen molar-refractivity contribution in [3.05, 3.63) is 54.2 Å². The van der Waals surface area contributed by atoms with Crippen molar-refractivity contribution < 1.29 is 0 Å². The standard InChI is InChI=1S/C11H13N/c1-2-6-11(12)9-10-7-4-3-5-8-10/h2-5,7-9H,1,6,12H2. The van der Waals surface area contributed by atoms with Crippen LogP contribution >= 0.6 is 0 Å². The molecule has 0 aliphatic heterocycles. The summed E-state index contributed by atoms with van der Waals surface area (Å²) in [5, 5.41) is 0. The van der Waals surface area contributed by atoms with Crippen molar-refractivity contribution in [2.24, 2.45) is 5.73 Å². The summed E-state index contributed by atoms with van der Waals surface area (Å²) >= 11 is 0. The largest absolute Gasteiger partial charge is 0.402 e. The first-order valence-electron chi connectivity index (χ1n) is 3.95. The molecule has 0 fully saturated rings. The number of allylic oxidation sites excluding steroid dienone is 1. The fraction of sp³-hybridized carbons (Fsp3) is 0.0909. The van der Waals surface area contributed by atoms with Crippen LogP contribution < -0.4 is 5.73 Å². The van der Waals surface area contributed by atoms with Gasteiger partial charge in [0.2, 0.25) is 0 Å². The molecule has 1 rings (SSSR count). The van der Waals surface area contributed by atoms with Crippen LogP contribution in [0.5, 0.6) is 0 Å². The van der Waals surface area contributed by atoms with Crippen LogP contribution in [0.2, 0.25) is 0 Å².